The Hall–Kier alpha value is -0.820. The fourth-order valence-corrected chi connectivity index (χ4v) is 4.01. The minimum absolute atomic E-state index is 0.116. The van der Waals surface area contributed by atoms with Crippen LogP contribution in [-0.4, -0.2) is 43.2 Å². The Bertz CT molecular complexity index is 455. The highest BCUT2D eigenvalue weighted by Gasteiger charge is 2.44. The van der Waals surface area contributed by atoms with Gasteiger partial charge in [-0.15, -0.1) is 0 Å². The van der Waals surface area contributed by atoms with Crippen molar-refractivity contribution >= 4 is 15.9 Å². The van der Waals surface area contributed by atoms with E-state index in [0.29, 0.717) is 19.3 Å². The van der Waals surface area contributed by atoms with E-state index in [1.807, 2.05) is 0 Å². The third-order valence-corrected chi connectivity index (χ3v) is 5.85. The molecule has 118 valence electrons. The first-order valence-electron chi connectivity index (χ1n) is 6.96. The van der Waals surface area contributed by atoms with Crippen molar-refractivity contribution in [2.45, 2.75) is 63.3 Å². The van der Waals surface area contributed by atoms with Crippen molar-refractivity contribution in [3.05, 3.63) is 0 Å². The standard InChI is InChI=1S/C13H26N2O4S/c1-5-20(17,18)10-6-7-13(8-10,9-14)15-11(16)19-12(2,3)4/h10H,5-9,14H2,1-4H3,(H,15,16)/t10-,13-/m1/s1. The summed E-state index contributed by atoms with van der Waals surface area (Å²) in [6, 6.07) is 0. The van der Waals surface area contributed by atoms with E-state index in [-0.39, 0.29) is 12.3 Å². The van der Waals surface area contributed by atoms with Crippen LogP contribution in [0.5, 0.6) is 0 Å². The Morgan fingerprint density at radius 1 is 1.45 bits per heavy atom. The predicted octanol–water partition coefficient (Wildman–Crippen LogP) is 1.20. The molecule has 7 heteroatoms. The molecule has 20 heavy (non-hydrogen) atoms. The summed E-state index contributed by atoms with van der Waals surface area (Å²) in [5.74, 6) is 0.116. The Morgan fingerprint density at radius 2 is 2.05 bits per heavy atom. The van der Waals surface area contributed by atoms with Crippen molar-refractivity contribution in [1.29, 1.82) is 0 Å². The van der Waals surface area contributed by atoms with Crippen molar-refractivity contribution in [2.75, 3.05) is 12.3 Å². The quantitative estimate of drug-likeness (QED) is 0.813. The molecule has 1 saturated carbocycles. The summed E-state index contributed by atoms with van der Waals surface area (Å²) >= 11 is 0. The molecule has 1 amide bonds. The van der Waals surface area contributed by atoms with Crippen molar-refractivity contribution in [1.82, 2.24) is 5.32 Å². The number of alkyl carbamates (subject to hydrolysis) is 1. The van der Waals surface area contributed by atoms with Gasteiger partial charge in [-0.05, 0) is 40.0 Å². The average Bonchev–Trinajstić information content (AvgIpc) is 2.72. The number of nitrogens with one attached hydrogen (secondary N) is 1. The first kappa shape index (κ1) is 17.2. The highest BCUT2D eigenvalue weighted by molar-refractivity contribution is 7.92. The van der Waals surface area contributed by atoms with Gasteiger partial charge in [0.15, 0.2) is 9.84 Å². The van der Waals surface area contributed by atoms with Crippen molar-refractivity contribution in [3.8, 4) is 0 Å². The lowest BCUT2D eigenvalue weighted by molar-refractivity contribution is 0.0460. The number of ether oxygens (including phenoxy) is 1. The van der Waals surface area contributed by atoms with Crippen LogP contribution < -0.4 is 11.1 Å². The third-order valence-electron chi connectivity index (χ3n) is 3.63. The molecule has 0 aromatic rings. The van der Waals surface area contributed by atoms with Gasteiger partial charge in [0.05, 0.1) is 10.8 Å². The van der Waals surface area contributed by atoms with Crippen LogP contribution in [0.2, 0.25) is 0 Å². The maximum absolute atomic E-state index is 11.9. The molecule has 0 saturated heterocycles. The molecular weight excluding hydrogens is 280 g/mol. The number of carbonyl (C=O) groups excluding carboxylic acids is 1. The Labute approximate surface area is 121 Å². The number of amides is 1. The summed E-state index contributed by atoms with van der Waals surface area (Å²) in [7, 11) is -3.10. The van der Waals surface area contributed by atoms with E-state index in [1.54, 1.807) is 27.7 Å². The molecule has 0 aromatic heterocycles. The van der Waals surface area contributed by atoms with Gasteiger partial charge < -0.3 is 15.8 Å². The minimum atomic E-state index is -3.10. The number of carbonyl (C=O) groups is 1. The van der Waals surface area contributed by atoms with Gasteiger partial charge in [-0.1, -0.05) is 6.92 Å². The molecule has 0 radical (unpaired) electrons. The molecule has 3 N–H and O–H groups in total. The van der Waals surface area contributed by atoms with E-state index < -0.39 is 32.3 Å². The Morgan fingerprint density at radius 3 is 2.50 bits per heavy atom. The number of hydrogen-bond donors (Lipinski definition) is 2. The highest BCUT2D eigenvalue weighted by Crippen LogP contribution is 2.34. The van der Waals surface area contributed by atoms with Gasteiger partial charge in [-0.2, -0.15) is 0 Å². The zero-order valence-electron chi connectivity index (χ0n) is 12.7. The van der Waals surface area contributed by atoms with Crippen LogP contribution in [0.4, 0.5) is 4.79 Å². The average molecular weight is 306 g/mol. The van der Waals surface area contributed by atoms with Gasteiger partial charge in [0, 0.05) is 12.3 Å². The van der Waals surface area contributed by atoms with E-state index >= 15 is 0 Å². The van der Waals surface area contributed by atoms with Crippen molar-refractivity contribution in [3.63, 3.8) is 0 Å². The van der Waals surface area contributed by atoms with Gasteiger partial charge in [0.1, 0.15) is 5.60 Å². The number of nitrogens with two attached hydrogens (primary N) is 1. The predicted molar refractivity (Wildman–Crippen MR) is 78.3 cm³/mol. The normalized spacial score (nSPS) is 27.4. The van der Waals surface area contributed by atoms with Crippen LogP contribution in [0.1, 0.15) is 47.0 Å². The molecule has 0 aliphatic heterocycles. The second-order valence-corrected chi connectivity index (χ2v) is 9.00. The van der Waals surface area contributed by atoms with Gasteiger partial charge in [-0.25, -0.2) is 13.2 Å². The van der Waals surface area contributed by atoms with Crippen molar-refractivity contribution < 1.29 is 17.9 Å². The van der Waals surface area contributed by atoms with E-state index in [0.717, 1.165) is 0 Å². The first-order valence-corrected chi connectivity index (χ1v) is 8.68. The number of hydrogen-bond acceptors (Lipinski definition) is 5. The third kappa shape index (κ3) is 4.34. The largest absolute Gasteiger partial charge is 0.444 e. The summed E-state index contributed by atoms with van der Waals surface area (Å²) in [6.07, 6.45) is 0.909. The summed E-state index contributed by atoms with van der Waals surface area (Å²) < 4.78 is 29.1. The van der Waals surface area contributed by atoms with Crippen LogP contribution in [0.3, 0.4) is 0 Å². The first-order chi connectivity index (χ1) is 9.03. The SMILES string of the molecule is CCS(=O)(=O)[C@@H]1CC[C@@](CN)(NC(=O)OC(C)(C)C)C1. The molecule has 0 heterocycles. The van der Waals surface area contributed by atoms with Crippen LogP contribution in [-0.2, 0) is 14.6 Å². The molecule has 2 atom stereocenters. The molecule has 0 unspecified atom stereocenters. The topological polar surface area (TPSA) is 98.5 Å². The Kier molecular flexibility index (Phi) is 5.08. The molecule has 1 rings (SSSR count). The van der Waals surface area contributed by atoms with E-state index in [1.165, 1.54) is 0 Å². The fraction of sp³-hybridized carbons (Fsp3) is 0.923. The molecule has 1 fully saturated rings. The molecule has 0 bridgehead atoms. The lowest BCUT2D eigenvalue weighted by Crippen LogP contribution is -2.53. The van der Waals surface area contributed by atoms with Crippen LogP contribution >= 0.6 is 0 Å². The summed E-state index contributed by atoms with van der Waals surface area (Å²) in [4.78, 5) is 11.9. The Balaban J connectivity index is 2.74. The highest BCUT2D eigenvalue weighted by atomic mass is 32.2. The molecule has 0 aromatic carbocycles. The van der Waals surface area contributed by atoms with Crippen LogP contribution in [0.25, 0.3) is 0 Å². The van der Waals surface area contributed by atoms with Crippen LogP contribution in [0, 0.1) is 0 Å². The van der Waals surface area contributed by atoms with E-state index in [4.69, 9.17) is 10.5 Å². The van der Waals surface area contributed by atoms with E-state index in [9.17, 15) is 13.2 Å². The number of sulfone groups is 1. The summed E-state index contributed by atoms with van der Waals surface area (Å²) in [5.41, 5.74) is 4.50. The summed E-state index contributed by atoms with van der Waals surface area (Å²) in [5, 5.41) is 2.35. The molecule has 6 nitrogen and oxygen atoms in total. The fourth-order valence-electron chi connectivity index (χ4n) is 2.49. The van der Waals surface area contributed by atoms with Gasteiger partial charge in [0.25, 0.3) is 0 Å². The zero-order valence-corrected chi connectivity index (χ0v) is 13.5. The van der Waals surface area contributed by atoms with Crippen LogP contribution in [0.15, 0.2) is 0 Å². The second kappa shape index (κ2) is 5.89. The molecular formula is C13H26N2O4S. The molecule has 0 spiro atoms. The zero-order chi connectivity index (χ0) is 15.6. The van der Waals surface area contributed by atoms with Gasteiger partial charge in [-0.3, -0.25) is 0 Å². The smallest absolute Gasteiger partial charge is 0.408 e. The van der Waals surface area contributed by atoms with Crippen molar-refractivity contribution in [2.24, 2.45) is 5.73 Å². The lowest BCUT2D eigenvalue weighted by Gasteiger charge is -2.30. The lowest BCUT2D eigenvalue weighted by atomic mass is 9.98. The second-order valence-electron chi connectivity index (χ2n) is 6.43. The maximum atomic E-state index is 11.9. The monoisotopic (exact) mass is 306 g/mol. The molecule has 1 aliphatic rings. The maximum Gasteiger partial charge on any atom is 0.408 e. The summed E-state index contributed by atoms with van der Waals surface area (Å²) in [6.45, 7) is 7.18. The van der Waals surface area contributed by atoms with Gasteiger partial charge >= 0.3 is 6.09 Å². The molecule has 1 aliphatic carbocycles. The minimum Gasteiger partial charge on any atom is -0.444 e. The van der Waals surface area contributed by atoms with Gasteiger partial charge in [0.2, 0.25) is 0 Å². The van der Waals surface area contributed by atoms with E-state index in [2.05, 4.69) is 5.32 Å². The number of rotatable bonds is 4.